The molecule has 1 aliphatic rings. The van der Waals surface area contributed by atoms with Gasteiger partial charge in [0, 0.05) is 6.42 Å². The second kappa shape index (κ2) is 7.95. The lowest BCUT2D eigenvalue weighted by Crippen LogP contribution is -2.13. The molecule has 1 aliphatic carbocycles. The molecule has 0 bridgehead atoms. The highest BCUT2D eigenvalue weighted by molar-refractivity contribution is 5.90. The molecule has 1 fully saturated rings. The Morgan fingerprint density at radius 1 is 1.12 bits per heavy atom. The van der Waals surface area contributed by atoms with Crippen molar-refractivity contribution in [3.63, 3.8) is 0 Å². The second-order valence-corrected chi connectivity index (χ2v) is 6.20. The van der Waals surface area contributed by atoms with E-state index in [-0.39, 0.29) is 11.6 Å². The molecular formula is C20H22FNO2. The Hall–Kier alpha value is -2.36. The number of hydrogen-bond donors (Lipinski definition) is 1. The molecule has 126 valence electrons. The number of benzene rings is 2. The molecule has 0 spiro atoms. The molecule has 1 N–H and O–H groups in total. The average molecular weight is 327 g/mol. The third-order valence-corrected chi connectivity index (χ3v) is 4.29. The Labute approximate surface area is 141 Å². The highest BCUT2D eigenvalue weighted by Gasteiger charge is 2.16. The number of nitrogens with one attached hydrogen (secondary N) is 1. The van der Waals surface area contributed by atoms with E-state index in [9.17, 15) is 9.18 Å². The molecule has 24 heavy (non-hydrogen) atoms. The SMILES string of the molecule is O=C(CCc1cccc(OC2CCCC2)c1)Nc1ccccc1F. The van der Waals surface area contributed by atoms with E-state index in [2.05, 4.69) is 5.32 Å². The number of halogens is 1. The van der Waals surface area contributed by atoms with E-state index in [0.29, 0.717) is 18.9 Å². The molecule has 0 atom stereocenters. The summed E-state index contributed by atoms with van der Waals surface area (Å²) in [7, 11) is 0. The largest absolute Gasteiger partial charge is 0.490 e. The summed E-state index contributed by atoms with van der Waals surface area (Å²) in [5.41, 5.74) is 1.27. The van der Waals surface area contributed by atoms with Gasteiger partial charge < -0.3 is 10.1 Å². The summed E-state index contributed by atoms with van der Waals surface area (Å²) in [6, 6.07) is 14.1. The van der Waals surface area contributed by atoms with Crippen LogP contribution in [-0.2, 0) is 11.2 Å². The lowest BCUT2D eigenvalue weighted by molar-refractivity contribution is -0.116. The lowest BCUT2D eigenvalue weighted by atomic mass is 10.1. The second-order valence-electron chi connectivity index (χ2n) is 6.20. The topological polar surface area (TPSA) is 38.3 Å². The first-order valence-electron chi connectivity index (χ1n) is 8.51. The molecule has 1 amide bonds. The molecule has 0 aliphatic heterocycles. The van der Waals surface area contributed by atoms with E-state index in [1.54, 1.807) is 18.2 Å². The first-order chi connectivity index (χ1) is 11.7. The molecule has 2 aromatic carbocycles. The van der Waals surface area contributed by atoms with Gasteiger partial charge in [-0.25, -0.2) is 4.39 Å². The third-order valence-electron chi connectivity index (χ3n) is 4.29. The number of aryl methyl sites for hydroxylation is 1. The van der Waals surface area contributed by atoms with E-state index in [0.717, 1.165) is 24.2 Å². The monoisotopic (exact) mass is 327 g/mol. The zero-order chi connectivity index (χ0) is 16.8. The fraction of sp³-hybridized carbons (Fsp3) is 0.350. The van der Waals surface area contributed by atoms with Crippen LogP contribution in [0.1, 0.15) is 37.7 Å². The van der Waals surface area contributed by atoms with Crippen molar-refractivity contribution in [1.29, 1.82) is 0 Å². The van der Waals surface area contributed by atoms with Gasteiger partial charge in [0.05, 0.1) is 11.8 Å². The normalized spacial score (nSPS) is 14.5. The van der Waals surface area contributed by atoms with Crippen LogP contribution in [0.3, 0.4) is 0 Å². The van der Waals surface area contributed by atoms with Crippen LogP contribution in [0.5, 0.6) is 5.75 Å². The van der Waals surface area contributed by atoms with E-state index >= 15 is 0 Å². The van der Waals surface area contributed by atoms with E-state index in [1.807, 2.05) is 24.3 Å². The summed E-state index contributed by atoms with van der Waals surface area (Å²) in [6.07, 6.45) is 5.94. The minimum Gasteiger partial charge on any atom is -0.490 e. The Kier molecular flexibility index (Phi) is 5.47. The number of para-hydroxylation sites is 1. The Balaban J connectivity index is 1.52. The molecule has 0 aromatic heterocycles. The van der Waals surface area contributed by atoms with Gasteiger partial charge in [0.2, 0.25) is 5.91 Å². The molecule has 4 heteroatoms. The van der Waals surface area contributed by atoms with Crippen LogP contribution in [0.2, 0.25) is 0 Å². The van der Waals surface area contributed by atoms with Crippen LogP contribution in [-0.4, -0.2) is 12.0 Å². The smallest absolute Gasteiger partial charge is 0.224 e. The summed E-state index contributed by atoms with van der Waals surface area (Å²) in [6.45, 7) is 0. The molecule has 1 saturated carbocycles. The number of carbonyl (C=O) groups is 1. The summed E-state index contributed by atoms with van der Waals surface area (Å²) < 4.78 is 19.5. The van der Waals surface area contributed by atoms with Gasteiger partial charge in [-0.2, -0.15) is 0 Å². The summed E-state index contributed by atoms with van der Waals surface area (Å²) in [4.78, 5) is 12.0. The molecular weight excluding hydrogens is 305 g/mol. The van der Waals surface area contributed by atoms with Crippen molar-refractivity contribution < 1.29 is 13.9 Å². The minimum absolute atomic E-state index is 0.192. The highest BCUT2D eigenvalue weighted by atomic mass is 19.1. The predicted molar refractivity (Wildman–Crippen MR) is 92.7 cm³/mol. The molecule has 0 saturated heterocycles. The van der Waals surface area contributed by atoms with Crippen LogP contribution in [0.15, 0.2) is 48.5 Å². The van der Waals surface area contributed by atoms with Crippen molar-refractivity contribution in [3.05, 3.63) is 59.9 Å². The van der Waals surface area contributed by atoms with Gasteiger partial charge in [-0.15, -0.1) is 0 Å². The van der Waals surface area contributed by atoms with Crippen molar-refractivity contribution in [2.24, 2.45) is 0 Å². The van der Waals surface area contributed by atoms with Crippen LogP contribution in [0.25, 0.3) is 0 Å². The standard InChI is InChI=1S/C20H22FNO2/c21-18-10-3-4-11-19(18)22-20(23)13-12-15-6-5-9-17(14-15)24-16-7-1-2-8-16/h3-6,9-11,14,16H,1-2,7-8,12-13H2,(H,22,23). The number of amides is 1. The minimum atomic E-state index is -0.419. The van der Waals surface area contributed by atoms with Crippen LogP contribution < -0.4 is 10.1 Å². The van der Waals surface area contributed by atoms with Gasteiger partial charge in [0.1, 0.15) is 11.6 Å². The third kappa shape index (κ3) is 4.57. The van der Waals surface area contributed by atoms with Gasteiger partial charge in [0.15, 0.2) is 0 Å². The number of rotatable bonds is 6. The van der Waals surface area contributed by atoms with E-state index < -0.39 is 5.82 Å². The Morgan fingerprint density at radius 3 is 2.71 bits per heavy atom. The van der Waals surface area contributed by atoms with Gasteiger partial charge in [-0.3, -0.25) is 4.79 Å². The number of ether oxygens (including phenoxy) is 1. The van der Waals surface area contributed by atoms with Crippen LogP contribution >= 0.6 is 0 Å². The Bertz CT molecular complexity index is 696. The quantitative estimate of drug-likeness (QED) is 0.834. The molecule has 0 heterocycles. The molecule has 2 aromatic rings. The first kappa shape index (κ1) is 16.5. The van der Waals surface area contributed by atoms with Crippen molar-refractivity contribution >= 4 is 11.6 Å². The predicted octanol–water partition coefficient (Wildman–Crippen LogP) is 4.72. The van der Waals surface area contributed by atoms with Gasteiger partial charge in [0.25, 0.3) is 0 Å². The molecule has 0 unspecified atom stereocenters. The number of carbonyl (C=O) groups excluding carboxylic acids is 1. The van der Waals surface area contributed by atoms with Gasteiger partial charge in [-0.1, -0.05) is 24.3 Å². The van der Waals surface area contributed by atoms with Crippen LogP contribution in [0.4, 0.5) is 10.1 Å². The molecule has 3 nitrogen and oxygen atoms in total. The zero-order valence-corrected chi connectivity index (χ0v) is 13.6. The average Bonchev–Trinajstić information content (AvgIpc) is 3.08. The van der Waals surface area contributed by atoms with E-state index in [1.165, 1.54) is 18.9 Å². The van der Waals surface area contributed by atoms with Gasteiger partial charge >= 0.3 is 0 Å². The van der Waals surface area contributed by atoms with Crippen molar-refractivity contribution in [2.45, 2.75) is 44.6 Å². The zero-order valence-electron chi connectivity index (χ0n) is 13.6. The Morgan fingerprint density at radius 2 is 1.92 bits per heavy atom. The van der Waals surface area contributed by atoms with E-state index in [4.69, 9.17) is 4.74 Å². The number of hydrogen-bond acceptors (Lipinski definition) is 2. The van der Waals surface area contributed by atoms with Crippen molar-refractivity contribution in [1.82, 2.24) is 0 Å². The molecule has 3 rings (SSSR count). The molecule has 0 radical (unpaired) electrons. The highest BCUT2D eigenvalue weighted by Crippen LogP contribution is 2.25. The summed E-state index contributed by atoms with van der Waals surface area (Å²) >= 11 is 0. The van der Waals surface area contributed by atoms with Crippen molar-refractivity contribution in [3.8, 4) is 5.75 Å². The summed E-state index contributed by atoms with van der Waals surface area (Å²) in [5, 5.41) is 2.61. The fourth-order valence-corrected chi connectivity index (χ4v) is 3.01. The number of anilines is 1. The maximum absolute atomic E-state index is 13.5. The lowest BCUT2D eigenvalue weighted by Gasteiger charge is -2.14. The van der Waals surface area contributed by atoms with Gasteiger partial charge in [-0.05, 0) is 61.9 Å². The maximum Gasteiger partial charge on any atom is 0.224 e. The first-order valence-corrected chi connectivity index (χ1v) is 8.51. The van der Waals surface area contributed by atoms with Crippen LogP contribution in [0, 0.1) is 5.82 Å². The maximum atomic E-state index is 13.5. The fourth-order valence-electron chi connectivity index (χ4n) is 3.01. The van der Waals surface area contributed by atoms with Crippen molar-refractivity contribution in [2.75, 3.05) is 5.32 Å². The summed E-state index contributed by atoms with van der Waals surface area (Å²) in [5.74, 6) is 0.258.